The molecule has 0 aliphatic carbocycles. The summed E-state index contributed by atoms with van der Waals surface area (Å²) in [7, 11) is 1.66. The fraction of sp³-hybridized carbons (Fsp3) is 0.231. The number of aromatic nitrogens is 2. The maximum absolute atomic E-state index is 12.0. The lowest BCUT2D eigenvalue weighted by Crippen LogP contribution is -2.33. The third-order valence-corrected chi connectivity index (χ3v) is 3.47. The van der Waals surface area contributed by atoms with Gasteiger partial charge in [0.25, 0.3) is 0 Å². The number of benzene rings is 1. The minimum absolute atomic E-state index is 0.204. The van der Waals surface area contributed by atoms with Gasteiger partial charge in [0.15, 0.2) is 5.75 Å². The fourth-order valence-corrected chi connectivity index (χ4v) is 2.54. The molecule has 0 N–H and O–H groups in total. The number of imidazole rings is 1. The van der Waals surface area contributed by atoms with Crippen LogP contribution in [0.4, 0.5) is 4.79 Å². The molecule has 112 valence electrons. The van der Waals surface area contributed by atoms with E-state index in [0.717, 1.165) is 0 Å². The maximum Gasteiger partial charge on any atom is 0.329 e. The average molecular weight is 349 g/mol. The number of hydrogen-bond acceptors (Lipinski definition) is 3. The molecular formula is C13H12Cl3N3O2. The second-order valence-corrected chi connectivity index (χ2v) is 5.47. The molecule has 8 heteroatoms. The van der Waals surface area contributed by atoms with Gasteiger partial charge in [-0.3, -0.25) is 4.57 Å². The van der Waals surface area contributed by atoms with Gasteiger partial charge in [0.1, 0.15) is 12.9 Å². The number of carbonyl (C=O) groups excluding carboxylic acids is 1. The first-order chi connectivity index (χ1) is 9.99. The van der Waals surface area contributed by atoms with E-state index in [2.05, 4.69) is 4.98 Å². The average Bonchev–Trinajstić information content (AvgIpc) is 2.94. The molecule has 0 atom stereocenters. The van der Waals surface area contributed by atoms with Crippen LogP contribution < -0.4 is 4.74 Å². The molecule has 5 nitrogen and oxygen atoms in total. The van der Waals surface area contributed by atoms with Crippen LogP contribution in [0.3, 0.4) is 0 Å². The minimum atomic E-state index is -0.204. The fourth-order valence-electron chi connectivity index (χ4n) is 1.62. The van der Waals surface area contributed by atoms with E-state index in [1.165, 1.54) is 22.0 Å². The first-order valence-corrected chi connectivity index (χ1v) is 7.13. The summed E-state index contributed by atoms with van der Waals surface area (Å²) >= 11 is 17.8. The summed E-state index contributed by atoms with van der Waals surface area (Å²) in [5.41, 5.74) is 0. The molecule has 0 aliphatic heterocycles. The molecule has 0 bridgehead atoms. The molecule has 0 saturated carbocycles. The Kier molecular flexibility index (Phi) is 5.33. The summed E-state index contributed by atoms with van der Waals surface area (Å²) in [5.74, 6) is 0.353. The van der Waals surface area contributed by atoms with Gasteiger partial charge in [0, 0.05) is 24.5 Å². The van der Waals surface area contributed by atoms with Crippen LogP contribution in [0, 0.1) is 0 Å². The summed E-state index contributed by atoms with van der Waals surface area (Å²) < 4.78 is 6.90. The van der Waals surface area contributed by atoms with Crippen molar-refractivity contribution >= 4 is 40.8 Å². The molecule has 0 aliphatic rings. The molecule has 0 fully saturated rings. The van der Waals surface area contributed by atoms with Crippen molar-refractivity contribution in [1.82, 2.24) is 14.5 Å². The maximum atomic E-state index is 12.0. The number of likely N-dealkylation sites (N-methyl/N-ethyl adjacent to an activating group) is 1. The van der Waals surface area contributed by atoms with Gasteiger partial charge < -0.3 is 9.64 Å². The van der Waals surface area contributed by atoms with Crippen molar-refractivity contribution in [1.29, 1.82) is 0 Å². The number of amides is 1. The number of carbonyl (C=O) groups is 1. The Labute approximate surface area is 137 Å². The third-order valence-electron chi connectivity index (χ3n) is 2.69. The molecule has 0 saturated heterocycles. The lowest BCUT2D eigenvalue weighted by molar-refractivity contribution is 0.197. The Bertz CT molecular complexity index is 609. The summed E-state index contributed by atoms with van der Waals surface area (Å²) in [4.78, 5) is 17.3. The molecule has 21 heavy (non-hydrogen) atoms. The molecule has 1 aromatic heterocycles. The van der Waals surface area contributed by atoms with Gasteiger partial charge in [-0.15, -0.1) is 0 Å². The lowest BCUT2D eigenvalue weighted by atomic mass is 10.3. The zero-order valence-electron chi connectivity index (χ0n) is 11.1. The Balaban J connectivity index is 1.91. The van der Waals surface area contributed by atoms with Crippen molar-refractivity contribution in [2.75, 3.05) is 20.2 Å². The van der Waals surface area contributed by atoms with E-state index < -0.39 is 0 Å². The molecular weight excluding hydrogens is 337 g/mol. The van der Waals surface area contributed by atoms with Gasteiger partial charge in [-0.2, -0.15) is 0 Å². The second-order valence-electron chi connectivity index (χ2n) is 4.22. The molecule has 0 radical (unpaired) electrons. The van der Waals surface area contributed by atoms with E-state index in [1.807, 2.05) is 0 Å². The molecule has 1 amide bonds. The Morgan fingerprint density at radius 3 is 2.57 bits per heavy atom. The van der Waals surface area contributed by atoms with Crippen LogP contribution in [0.25, 0.3) is 0 Å². The van der Waals surface area contributed by atoms with Gasteiger partial charge in [0.05, 0.1) is 16.6 Å². The first-order valence-electron chi connectivity index (χ1n) is 6.00. The highest BCUT2D eigenvalue weighted by Gasteiger charge is 2.12. The summed E-state index contributed by atoms with van der Waals surface area (Å²) in [6, 6.07) is 2.89. The van der Waals surface area contributed by atoms with Crippen LogP contribution in [0.15, 0.2) is 30.9 Å². The van der Waals surface area contributed by atoms with Crippen LogP contribution in [-0.2, 0) is 0 Å². The van der Waals surface area contributed by atoms with Crippen molar-refractivity contribution in [3.8, 4) is 5.75 Å². The minimum Gasteiger partial charge on any atom is -0.489 e. The zero-order chi connectivity index (χ0) is 15.4. The predicted molar refractivity (Wildman–Crippen MR) is 82.6 cm³/mol. The Morgan fingerprint density at radius 2 is 2.00 bits per heavy atom. The summed E-state index contributed by atoms with van der Waals surface area (Å²) in [5, 5.41) is 1.09. The van der Waals surface area contributed by atoms with Crippen LogP contribution in [0.5, 0.6) is 5.75 Å². The van der Waals surface area contributed by atoms with Crippen molar-refractivity contribution in [2.45, 2.75) is 0 Å². The molecule has 2 rings (SSSR count). The Hall–Kier alpha value is -1.43. The van der Waals surface area contributed by atoms with E-state index >= 15 is 0 Å². The third kappa shape index (κ3) is 4.03. The summed E-state index contributed by atoms with van der Waals surface area (Å²) in [6.07, 6.45) is 4.55. The van der Waals surface area contributed by atoms with Crippen molar-refractivity contribution in [2.24, 2.45) is 0 Å². The zero-order valence-corrected chi connectivity index (χ0v) is 13.4. The van der Waals surface area contributed by atoms with Gasteiger partial charge >= 0.3 is 6.03 Å². The van der Waals surface area contributed by atoms with Crippen LogP contribution in [0.1, 0.15) is 0 Å². The highest BCUT2D eigenvalue weighted by molar-refractivity contribution is 6.40. The van der Waals surface area contributed by atoms with E-state index in [4.69, 9.17) is 39.5 Å². The van der Waals surface area contributed by atoms with Crippen LogP contribution >= 0.6 is 34.8 Å². The van der Waals surface area contributed by atoms with E-state index in [9.17, 15) is 4.79 Å². The highest BCUT2D eigenvalue weighted by Crippen LogP contribution is 2.35. The number of rotatable bonds is 4. The molecule has 2 aromatic rings. The van der Waals surface area contributed by atoms with Crippen LogP contribution in [-0.4, -0.2) is 40.7 Å². The second kappa shape index (κ2) is 7.02. The molecule has 1 aromatic carbocycles. The molecule has 0 spiro atoms. The number of hydrogen-bond donors (Lipinski definition) is 0. The molecule has 1 heterocycles. The van der Waals surface area contributed by atoms with Gasteiger partial charge in [-0.25, -0.2) is 9.78 Å². The molecule has 0 unspecified atom stereocenters. The van der Waals surface area contributed by atoms with Gasteiger partial charge in [0.2, 0.25) is 0 Å². The topological polar surface area (TPSA) is 47.4 Å². The number of halogens is 3. The normalized spacial score (nSPS) is 10.5. The smallest absolute Gasteiger partial charge is 0.329 e. The monoisotopic (exact) mass is 347 g/mol. The van der Waals surface area contributed by atoms with Crippen molar-refractivity contribution in [3.05, 3.63) is 45.9 Å². The predicted octanol–water partition coefficient (Wildman–Crippen LogP) is 3.82. The van der Waals surface area contributed by atoms with E-state index in [-0.39, 0.29) is 12.6 Å². The summed E-state index contributed by atoms with van der Waals surface area (Å²) in [6.45, 7) is 0.615. The van der Waals surface area contributed by atoms with Crippen molar-refractivity contribution < 1.29 is 9.53 Å². The SMILES string of the molecule is CN(CCOc1c(Cl)cc(Cl)cc1Cl)C(=O)n1ccnc1. The Morgan fingerprint density at radius 1 is 1.33 bits per heavy atom. The van der Waals surface area contributed by atoms with E-state index in [1.54, 1.807) is 25.4 Å². The van der Waals surface area contributed by atoms with Crippen LogP contribution in [0.2, 0.25) is 15.1 Å². The lowest BCUT2D eigenvalue weighted by Gasteiger charge is -2.18. The van der Waals surface area contributed by atoms with E-state index in [0.29, 0.717) is 27.4 Å². The van der Waals surface area contributed by atoms with Crippen molar-refractivity contribution in [3.63, 3.8) is 0 Å². The number of nitrogens with zero attached hydrogens (tertiary/aromatic N) is 3. The largest absolute Gasteiger partial charge is 0.489 e. The standard InChI is InChI=1S/C13H12Cl3N3O2/c1-18(13(20)19-3-2-17-8-19)4-5-21-12-10(15)6-9(14)7-11(12)16/h2-3,6-8H,4-5H2,1H3. The number of ether oxygens (including phenoxy) is 1. The van der Waals surface area contributed by atoms with Gasteiger partial charge in [-0.05, 0) is 12.1 Å². The first kappa shape index (κ1) is 15.9. The highest BCUT2D eigenvalue weighted by atomic mass is 35.5. The quantitative estimate of drug-likeness (QED) is 0.844. The van der Waals surface area contributed by atoms with Gasteiger partial charge in [-0.1, -0.05) is 34.8 Å².